The smallest absolute Gasteiger partial charge is 0.306 e. The second-order valence-electron chi connectivity index (χ2n) is 12.9. The van der Waals surface area contributed by atoms with Gasteiger partial charge in [-0.05, 0) is 82.3 Å². The molecule has 2 amide bonds. The van der Waals surface area contributed by atoms with Gasteiger partial charge in [0.25, 0.3) is 10.2 Å². The molecule has 1 aliphatic rings. The second-order valence-corrected chi connectivity index (χ2v) is 12.9. The van der Waals surface area contributed by atoms with Gasteiger partial charge in [0.05, 0.1) is 25.4 Å². The maximum atomic E-state index is 12.7. The molecule has 0 aromatic heterocycles. The van der Waals surface area contributed by atoms with E-state index < -0.39 is 28.5 Å². The average Bonchev–Trinajstić information content (AvgIpc) is 3.38. The van der Waals surface area contributed by atoms with Crippen molar-refractivity contribution in [1.29, 1.82) is 0 Å². The first-order chi connectivity index (χ1) is 25.0. The van der Waals surface area contributed by atoms with E-state index >= 15 is 0 Å². The van der Waals surface area contributed by atoms with E-state index in [-0.39, 0.29) is 75.1 Å². The summed E-state index contributed by atoms with van der Waals surface area (Å²) in [5.74, 6) is -1.50. The zero-order valence-electron chi connectivity index (χ0n) is 30.1. The van der Waals surface area contributed by atoms with Gasteiger partial charge in [0.1, 0.15) is 6.10 Å². The molecule has 0 bridgehead atoms. The van der Waals surface area contributed by atoms with Crippen LogP contribution in [0, 0.1) is 32.1 Å². The largest absolute Gasteiger partial charge is 0.458 e. The molecule has 290 valence electrons. The van der Waals surface area contributed by atoms with Gasteiger partial charge >= 0.3 is 5.97 Å². The fourth-order valence-corrected chi connectivity index (χ4v) is 6.22. The molecule has 2 N–H and O–H groups in total. The third-order valence-electron chi connectivity index (χ3n) is 9.02. The SMILES string of the molecule is CCN(C(=O)CCC/C=C\C[C@@H]1[C@@H](/C=C/[C@H](CCc2ccccc2)OC(=O)CCCCCO[N+](=O)[O-])[C@H](O)C[C@@H]1O)C(=O)CCCCCO[N+](=O)[O-]. The normalized spacial score (nSPS) is 19.1. The van der Waals surface area contributed by atoms with Crippen molar-refractivity contribution in [3.63, 3.8) is 0 Å². The Labute approximate surface area is 305 Å². The number of rotatable bonds is 27. The van der Waals surface area contributed by atoms with Crippen LogP contribution < -0.4 is 0 Å². The van der Waals surface area contributed by atoms with Crippen LogP contribution in [0.1, 0.15) is 102 Å². The van der Waals surface area contributed by atoms with E-state index in [0.717, 1.165) is 5.56 Å². The van der Waals surface area contributed by atoms with Crippen LogP contribution >= 0.6 is 0 Å². The van der Waals surface area contributed by atoms with Crippen molar-refractivity contribution in [3.8, 4) is 0 Å². The molecule has 1 aromatic carbocycles. The lowest BCUT2D eigenvalue weighted by molar-refractivity contribution is -0.757. The van der Waals surface area contributed by atoms with Crippen molar-refractivity contribution in [2.24, 2.45) is 11.8 Å². The number of hydrogen-bond acceptors (Lipinski definition) is 12. The molecule has 2 rings (SSSR count). The molecule has 15 nitrogen and oxygen atoms in total. The van der Waals surface area contributed by atoms with Crippen LogP contribution in [0.2, 0.25) is 0 Å². The molecule has 1 aromatic rings. The Kier molecular flexibility index (Phi) is 21.5. The zero-order valence-corrected chi connectivity index (χ0v) is 30.1. The number of amides is 2. The number of imide groups is 1. The maximum Gasteiger partial charge on any atom is 0.306 e. The molecule has 52 heavy (non-hydrogen) atoms. The lowest BCUT2D eigenvalue weighted by atomic mass is 9.89. The van der Waals surface area contributed by atoms with Gasteiger partial charge in [0.2, 0.25) is 11.8 Å². The Morgan fingerprint density at radius 1 is 0.865 bits per heavy atom. The maximum absolute atomic E-state index is 12.7. The van der Waals surface area contributed by atoms with Gasteiger partial charge in [-0.2, -0.15) is 0 Å². The molecule has 0 spiro atoms. The number of aryl methyl sites for hydroxylation is 1. The summed E-state index contributed by atoms with van der Waals surface area (Å²) in [5.41, 5.74) is 1.09. The Morgan fingerprint density at radius 2 is 1.48 bits per heavy atom. The third kappa shape index (κ3) is 18.2. The van der Waals surface area contributed by atoms with Crippen molar-refractivity contribution in [2.75, 3.05) is 19.8 Å². The van der Waals surface area contributed by atoms with E-state index in [9.17, 15) is 44.8 Å². The fraction of sp³-hybridized carbons (Fsp3) is 0.649. The molecule has 0 heterocycles. The molecule has 1 saturated carbocycles. The molecule has 0 saturated heterocycles. The first-order valence-corrected chi connectivity index (χ1v) is 18.3. The highest BCUT2D eigenvalue weighted by molar-refractivity contribution is 5.95. The van der Waals surface area contributed by atoms with E-state index in [0.29, 0.717) is 70.6 Å². The Bertz CT molecular complexity index is 1290. The van der Waals surface area contributed by atoms with Gasteiger partial charge in [0, 0.05) is 38.1 Å². The molecule has 0 unspecified atom stereocenters. The lowest BCUT2D eigenvalue weighted by Crippen LogP contribution is -2.36. The van der Waals surface area contributed by atoms with Crippen molar-refractivity contribution in [1.82, 2.24) is 4.90 Å². The van der Waals surface area contributed by atoms with Gasteiger partial charge in [0.15, 0.2) is 0 Å². The van der Waals surface area contributed by atoms with E-state index in [2.05, 4.69) is 9.68 Å². The number of unbranched alkanes of at least 4 members (excludes halogenated alkanes) is 5. The van der Waals surface area contributed by atoms with Gasteiger partial charge < -0.3 is 24.6 Å². The van der Waals surface area contributed by atoms with Crippen LogP contribution in [0.15, 0.2) is 54.6 Å². The monoisotopic (exact) mass is 733 g/mol. The molecule has 0 radical (unpaired) electrons. The van der Waals surface area contributed by atoms with E-state index in [4.69, 9.17) is 4.74 Å². The first-order valence-electron chi connectivity index (χ1n) is 18.3. The predicted molar refractivity (Wildman–Crippen MR) is 190 cm³/mol. The minimum atomic E-state index is -0.848. The van der Waals surface area contributed by atoms with Crippen LogP contribution in [0.3, 0.4) is 0 Å². The summed E-state index contributed by atoms with van der Waals surface area (Å²) in [6.45, 7) is 1.97. The lowest BCUT2D eigenvalue weighted by Gasteiger charge is -2.21. The van der Waals surface area contributed by atoms with Crippen molar-refractivity contribution in [3.05, 3.63) is 80.4 Å². The van der Waals surface area contributed by atoms with Crippen molar-refractivity contribution in [2.45, 2.75) is 122 Å². The molecular formula is C37H55N3O12. The number of allylic oxidation sites excluding steroid dienone is 2. The molecule has 15 heteroatoms. The fourth-order valence-electron chi connectivity index (χ4n) is 6.22. The summed E-state index contributed by atoms with van der Waals surface area (Å²) in [6.07, 6.45) is 12.2. The predicted octanol–water partition coefficient (Wildman–Crippen LogP) is 5.47. The molecular weight excluding hydrogens is 678 g/mol. The number of aliphatic hydroxyl groups excluding tert-OH is 2. The summed E-state index contributed by atoms with van der Waals surface area (Å²) in [7, 11) is 0. The van der Waals surface area contributed by atoms with Crippen LogP contribution in [-0.4, -0.2) is 81.1 Å². The van der Waals surface area contributed by atoms with Crippen molar-refractivity contribution < 1.29 is 49.2 Å². The number of carbonyl (C=O) groups excluding carboxylic acids is 3. The number of benzene rings is 1. The minimum Gasteiger partial charge on any atom is -0.458 e. The zero-order chi connectivity index (χ0) is 38.1. The number of aliphatic hydroxyl groups is 2. The number of nitrogens with zero attached hydrogens (tertiary/aromatic N) is 3. The molecule has 0 aliphatic heterocycles. The van der Waals surface area contributed by atoms with Crippen LogP contribution in [0.25, 0.3) is 0 Å². The first kappa shape index (κ1) is 43.8. The second kappa shape index (κ2) is 25.6. The number of carbonyl (C=O) groups is 3. The van der Waals surface area contributed by atoms with E-state index in [1.54, 1.807) is 13.0 Å². The summed E-state index contributed by atoms with van der Waals surface area (Å²) in [4.78, 5) is 68.2. The average molecular weight is 734 g/mol. The molecule has 5 atom stereocenters. The minimum absolute atomic E-state index is 0.0205. The third-order valence-corrected chi connectivity index (χ3v) is 9.02. The number of hydrogen-bond donors (Lipinski definition) is 2. The Morgan fingerprint density at radius 3 is 2.10 bits per heavy atom. The number of ether oxygens (including phenoxy) is 1. The van der Waals surface area contributed by atoms with Crippen LogP contribution in [0.5, 0.6) is 0 Å². The van der Waals surface area contributed by atoms with Gasteiger partial charge in [-0.1, -0.05) is 61.4 Å². The van der Waals surface area contributed by atoms with E-state index in [1.165, 1.54) is 4.90 Å². The summed E-state index contributed by atoms with van der Waals surface area (Å²) in [6, 6.07) is 9.80. The quantitative estimate of drug-likeness (QED) is 0.0379. The van der Waals surface area contributed by atoms with Gasteiger partial charge in [-0.15, -0.1) is 20.2 Å². The van der Waals surface area contributed by atoms with Crippen molar-refractivity contribution >= 4 is 17.8 Å². The summed E-state index contributed by atoms with van der Waals surface area (Å²) >= 11 is 0. The van der Waals surface area contributed by atoms with E-state index in [1.807, 2.05) is 48.6 Å². The summed E-state index contributed by atoms with van der Waals surface area (Å²) < 4.78 is 5.80. The molecule has 1 aliphatic carbocycles. The highest BCUT2D eigenvalue weighted by Gasteiger charge is 2.39. The number of esters is 1. The Balaban J connectivity index is 1.86. The topological polar surface area (TPSA) is 209 Å². The standard InChI is InChI=1S/C37H55N3O12/c1-2-38(36(44)20-12-6-14-26-50-39(46)47)35(43)19-11-4-3-10-18-31-32(34(42)28-33(31)41)25-24-30(23-22-29-16-8-5-9-17-29)52-37(45)21-13-7-15-27-51-40(48)49/h3,5,8-10,16-17,24-25,30-34,41-42H,2,4,6-7,11-15,18-23,26-28H2,1H3/b10-3-,25-24+/t30-,31+,32+,33-,34+/m0/s1. The van der Waals surface area contributed by atoms with Gasteiger partial charge in [-0.3, -0.25) is 19.3 Å². The summed E-state index contributed by atoms with van der Waals surface area (Å²) in [5, 5.41) is 40.3. The highest BCUT2D eigenvalue weighted by atomic mass is 17.0. The van der Waals surface area contributed by atoms with Crippen LogP contribution in [-0.2, 0) is 35.2 Å². The molecule has 1 fully saturated rings. The Hall–Kier alpha value is -4.37. The highest BCUT2D eigenvalue weighted by Crippen LogP contribution is 2.36. The van der Waals surface area contributed by atoms with Gasteiger partial charge in [-0.25, -0.2) is 0 Å². The van der Waals surface area contributed by atoms with Crippen LogP contribution in [0.4, 0.5) is 0 Å².